The molecule has 0 heterocycles. The van der Waals surface area contributed by atoms with E-state index in [2.05, 4.69) is 15.9 Å². The van der Waals surface area contributed by atoms with Gasteiger partial charge in [-0.2, -0.15) is 0 Å². The van der Waals surface area contributed by atoms with Gasteiger partial charge in [-0.1, -0.05) is 18.2 Å². The van der Waals surface area contributed by atoms with Crippen LogP contribution in [0, 0.1) is 5.82 Å². The molecular weight excluding hydrogens is 411 g/mol. The Kier molecular flexibility index (Phi) is 5.97. The molecule has 1 amide bonds. The smallest absolute Gasteiger partial charge is 0.253 e. The third-order valence-corrected chi connectivity index (χ3v) is 6.46. The van der Waals surface area contributed by atoms with Crippen molar-refractivity contribution in [2.75, 3.05) is 21.1 Å². The Morgan fingerprint density at radius 3 is 2.36 bits per heavy atom. The van der Waals surface area contributed by atoms with Gasteiger partial charge in [0.05, 0.1) is 4.90 Å². The average Bonchev–Trinajstić information content (AvgIpc) is 2.56. The van der Waals surface area contributed by atoms with E-state index < -0.39 is 21.7 Å². The third-order valence-electron chi connectivity index (χ3n) is 3.65. The van der Waals surface area contributed by atoms with Crippen molar-refractivity contribution in [3.63, 3.8) is 0 Å². The van der Waals surface area contributed by atoms with Crippen LogP contribution in [0.15, 0.2) is 51.8 Å². The Morgan fingerprint density at radius 2 is 1.76 bits per heavy atom. The van der Waals surface area contributed by atoms with Gasteiger partial charge in [-0.15, -0.1) is 0 Å². The molecule has 0 saturated heterocycles. The van der Waals surface area contributed by atoms with Gasteiger partial charge in [0.2, 0.25) is 10.0 Å². The molecule has 0 atom stereocenters. The van der Waals surface area contributed by atoms with Gasteiger partial charge in [0, 0.05) is 43.3 Å². The number of halogens is 2. The van der Waals surface area contributed by atoms with Crippen LogP contribution in [-0.4, -0.2) is 44.7 Å². The molecule has 8 heteroatoms. The minimum Gasteiger partial charge on any atom is -0.337 e. The fraction of sp³-hybridized carbons (Fsp3) is 0.235. The van der Waals surface area contributed by atoms with Crippen LogP contribution in [0.5, 0.6) is 0 Å². The highest BCUT2D eigenvalue weighted by Crippen LogP contribution is 2.26. The monoisotopic (exact) mass is 428 g/mol. The van der Waals surface area contributed by atoms with E-state index in [-0.39, 0.29) is 17.0 Å². The van der Waals surface area contributed by atoms with E-state index in [0.717, 1.165) is 4.31 Å². The molecule has 2 aromatic carbocycles. The molecule has 0 saturated carbocycles. The lowest BCUT2D eigenvalue weighted by atomic mass is 10.1. The van der Waals surface area contributed by atoms with Gasteiger partial charge in [-0.3, -0.25) is 4.79 Å². The van der Waals surface area contributed by atoms with Crippen molar-refractivity contribution >= 4 is 31.9 Å². The topological polar surface area (TPSA) is 57.7 Å². The van der Waals surface area contributed by atoms with Crippen LogP contribution >= 0.6 is 15.9 Å². The molecule has 5 nitrogen and oxygen atoms in total. The van der Waals surface area contributed by atoms with Crippen molar-refractivity contribution in [1.29, 1.82) is 0 Å². The van der Waals surface area contributed by atoms with Crippen LogP contribution in [0.1, 0.15) is 15.9 Å². The maximum atomic E-state index is 13.7. The van der Waals surface area contributed by atoms with Crippen molar-refractivity contribution in [3.05, 3.63) is 63.9 Å². The predicted octanol–water partition coefficient (Wildman–Crippen LogP) is 3.11. The van der Waals surface area contributed by atoms with E-state index in [1.165, 1.54) is 50.3 Å². The van der Waals surface area contributed by atoms with Crippen molar-refractivity contribution < 1.29 is 17.6 Å². The Hall–Kier alpha value is -1.77. The number of carbonyl (C=O) groups excluding carboxylic acids is 1. The van der Waals surface area contributed by atoms with E-state index in [1.54, 1.807) is 18.2 Å². The number of rotatable bonds is 5. The first-order valence-electron chi connectivity index (χ1n) is 7.35. The number of hydrogen-bond acceptors (Lipinski definition) is 3. The van der Waals surface area contributed by atoms with Gasteiger partial charge >= 0.3 is 0 Å². The first kappa shape index (κ1) is 19.6. The summed E-state index contributed by atoms with van der Waals surface area (Å²) in [7, 11) is 0.674. The molecule has 0 unspecified atom stereocenters. The van der Waals surface area contributed by atoms with Crippen molar-refractivity contribution in [2.24, 2.45) is 0 Å². The summed E-state index contributed by atoms with van der Waals surface area (Å²) in [5.41, 5.74) is 0.596. The van der Waals surface area contributed by atoms with Crippen LogP contribution in [0.3, 0.4) is 0 Å². The molecule has 0 fully saturated rings. The second-order valence-electron chi connectivity index (χ2n) is 5.69. The largest absolute Gasteiger partial charge is 0.337 e. The molecule has 0 spiro atoms. The Morgan fingerprint density at radius 1 is 1.12 bits per heavy atom. The minimum absolute atomic E-state index is 0.00245. The van der Waals surface area contributed by atoms with Gasteiger partial charge in [0.1, 0.15) is 5.82 Å². The summed E-state index contributed by atoms with van der Waals surface area (Å²) in [5, 5.41) is 0. The van der Waals surface area contributed by atoms with Crippen molar-refractivity contribution in [2.45, 2.75) is 11.4 Å². The van der Waals surface area contributed by atoms with Crippen LogP contribution in [0.2, 0.25) is 0 Å². The highest BCUT2D eigenvalue weighted by atomic mass is 79.9. The molecule has 0 aliphatic rings. The standard InChI is InChI=1S/C17H18BrFN2O3S/c1-20(2)25(23,24)16-10-12(8-9-14(16)18)17(22)21(3)11-13-6-4-5-7-15(13)19/h4-10H,11H2,1-3H3. The molecule has 0 radical (unpaired) electrons. The van der Waals surface area contributed by atoms with E-state index in [9.17, 15) is 17.6 Å². The minimum atomic E-state index is -3.70. The molecule has 25 heavy (non-hydrogen) atoms. The molecule has 0 aliphatic heterocycles. The van der Waals surface area contributed by atoms with Gasteiger partial charge in [-0.25, -0.2) is 17.1 Å². The molecule has 0 aromatic heterocycles. The van der Waals surface area contributed by atoms with E-state index in [0.29, 0.717) is 10.0 Å². The van der Waals surface area contributed by atoms with Crippen LogP contribution < -0.4 is 0 Å². The zero-order chi connectivity index (χ0) is 18.8. The fourth-order valence-corrected chi connectivity index (χ4v) is 4.05. The quantitative estimate of drug-likeness (QED) is 0.734. The van der Waals surface area contributed by atoms with E-state index >= 15 is 0 Å². The van der Waals surface area contributed by atoms with Crippen molar-refractivity contribution in [1.82, 2.24) is 9.21 Å². The zero-order valence-corrected chi connectivity index (χ0v) is 16.4. The summed E-state index contributed by atoms with van der Waals surface area (Å²) >= 11 is 3.20. The fourth-order valence-electron chi connectivity index (χ4n) is 2.21. The average molecular weight is 429 g/mol. The normalized spacial score (nSPS) is 11.6. The van der Waals surface area contributed by atoms with E-state index in [1.807, 2.05) is 0 Å². The summed E-state index contributed by atoms with van der Waals surface area (Å²) in [6.07, 6.45) is 0. The molecule has 134 valence electrons. The lowest BCUT2D eigenvalue weighted by Crippen LogP contribution is -2.27. The molecule has 0 aliphatic carbocycles. The third kappa shape index (κ3) is 4.26. The number of sulfonamides is 1. The maximum absolute atomic E-state index is 13.7. The lowest BCUT2D eigenvalue weighted by Gasteiger charge is -2.19. The number of nitrogens with zero attached hydrogens (tertiary/aromatic N) is 2. The summed E-state index contributed by atoms with van der Waals surface area (Å²) < 4.78 is 39.9. The maximum Gasteiger partial charge on any atom is 0.253 e. The first-order valence-corrected chi connectivity index (χ1v) is 9.59. The number of benzene rings is 2. The number of carbonyl (C=O) groups is 1. The van der Waals surface area contributed by atoms with E-state index in [4.69, 9.17) is 0 Å². The van der Waals surface area contributed by atoms with Gasteiger partial charge in [0.25, 0.3) is 5.91 Å². The summed E-state index contributed by atoms with van der Waals surface area (Å²) in [6.45, 7) is 0.0807. The SMILES string of the molecule is CN(Cc1ccccc1F)C(=O)c1ccc(Br)c(S(=O)(=O)N(C)C)c1. The van der Waals surface area contributed by atoms with Crippen molar-refractivity contribution in [3.8, 4) is 0 Å². The van der Waals surface area contributed by atoms with Crippen LogP contribution in [0.4, 0.5) is 4.39 Å². The summed E-state index contributed by atoms with van der Waals surface area (Å²) in [4.78, 5) is 13.9. The second-order valence-corrected chi connectivity index (χ2v) is 8.66. The second kappa shape index (κ2) is 7.63. The Labute approximate surface area is 155 Å². The first-order chi connectivity index (χ1) is 11.6. The number of amides is 1. The molecule has 2 aromatic rings. The lowest BCUT2D eigenvalue weighted by molar-refractivity contribution is 0.0783. The molecular formula is C17H18BrFN2O3S. The predicted molar refractivity (Wildman–Crippen MR) is 97.2 cm³/mol. The summed E-state index contributed by atoms with van der Waals surface area (Å²) in [5.74, 6) is -0.792. The molecule has 2 rings (SSSR count). The Bertz CT molecular complexity index is 901. The molecule has 0 N–H and O–H groups in total. The highest BCUT2D eigenvalue weighted by molar-refractivity contribution is 9.10. The molecule has 0 bridgehead atoms. The number of hydrogen-bond donors (Lipinski definition) is 0. The Balaban J connectivity index is 2.32. The van der Waals surface area contributed by atoms with Gasteiger partial charge in [-0.05, 0) is 40.2 Å². The van der Waals surface area contributed by atoms with Gasteiger partial charge in [0.15, 0.2) is 0 Å². The van der Waals surface area contributed by atoms with Crippen LogP contribution in [-0.2, 0) is 16.6 Å². The zero-order valence-electron chi connectivity index (χ0n) is 14.0. The highest BCUT2D eigenvalue weighted by Gasteiger charge is 2.23. The summed E-state index contributed by atoms with van der Waals surface area (Å²) in [6, 6.07) is 10.6. The van der Waals surface area contributed by atoms with Crippen LogP contribution in [0.25, 0.3) is 0 Å². The van der Waals surface area contributed by atoms with Gasteiger partial charge < -0.3 is 4.90 Å².